The van der Waals surface area contributed by atoms with E-state index in [1.54, 1.807) is 41.2 Å². The maximum absolute atomic E-state index is 13.8. The van der Waals surface area contributed by atoms with Crippen LogP contribution in [0.15, 0.2) is 24.5 Å². The van der Waals surface area contributed by atoms with Gasteiger partial charge < -0.3 is 24.8 Å². The Hall–Kier alpha value is -3.80. The Kier molecular flexibility index (Phi) is 10.7. The van der Waals surface area contributed by atoms with Crippen LogP contribution >= 0.6 is 0 Å². The fraction of sp³-hybridized carbons (Fsp3) is 0.600. The fourth-order valence-corrected chi connectivity index (χ4v) is 5.65. The molecule has 42 heavy (non-hydrogen) atoms. The molecule has 4 amide bonds. The number of rotatable bonds is 7. The second-order valence-electron chi connectivity index (χ2n) is 11.4. The van der Waals surface area contributed by atoms with Gasteiger partial charge in [0.1, 0.15) is 0 Å². The van der Waals surface area contributed by atoms with Crippen molar-refractivity contribution >= 4 is 23.6 Å². The van der Waals surface area contributed by atoms with Crippen molar-refractivity contribution in [3.63, 3.8) is 0 Å². The van der Waals surface area contributed by atoms with Crippen molar-refractivity contribution in [3.05, 3.63) is 47.0 Å². The summed E-state index contributed by atoms with van der Waals surface area (Å²) >= 11 is 0. The first-order valence-corrected chi connectivity index (χ1v) is 14.8. The predicted octanol–water partition coefficient (Wildman–Crippen LogP) is 1.30. The molecule has 1 N–H and O–H groups in total. The maximum atomic E-state index is 13.8. The van der Waals surface area contributed by atoms with Crippen molar-refractivity contribution in [1.82, 2.24) is 34.8 Å². The average Bonchev–Trinajstić information content (AvgIpc) is 3.31. The average molecular weight is 582 g/mol. The van der Waals surface area contributed by atoms with Crippen molar-refractivity contribution < 1.29 is 23.9 Å². The van der Waals surface area contributed by atoms with Gasteiger partial charge in [0.2, 0.25) is 11.8 Å². The molecule has 0 saturated carbocycles. The maximum Gasteiger partial charge on any atom is 0.275 e. The van der Waals surface area contributed by atoms with Gasteiger partial charge >= 0.3 is 0 Å². The number of hydrogen-bond donors (Lipinski definition) is 1. The number of nitrogens with one attached hydrogen (secondary N) is 1. The molecule has 3 heterocycles. The Labute approximate surface area is 247 Å². The van der Waals surface area contributed by atoms with E-state index in [1.165, 1.54) is 4.90 Å². The highest BCUT2D eigenvalue weighted by atomic mass is 16.5. The molecule has 1 aliphatic carbocycles. The molecule has 2 aliphatic rings. The van der Waals surface area contributed by atoms with Crippen LogP contribution in [0.3, 0.4) is 0 Å². The molecule has 1 aliphatic heterocycles. The van der Waals surface area contributed by atoms with Crippen LogP contribution in [0.1, 0.15) is 65.2 Å². The van der Waals surface area contributed by atoms with Crippen molar-refractivity contribution in [1.29, 1.82) is 0 Å². The van der Waals surface area contributed by atoms with Gasteiger partial charge in [0.05, 0.1) is 13.2 Å². The first kappa shape index (κ1) is 31.1. The Morgan fingerprint density at radius 2 is 1.88 bits per heavy atom. The van der Waals surface area contributed by atoms with Gasteiger partial charge in [-0.2, -0.15) is 5.10 Å². The summed E-state index contributed by atoms with van der Waals surface area (Å²) in [4.78, 5) is 63.0. The van der Waals surface area contributed by atoms with Crippen molar-refractivity contribution in [3.8, 4) is 0 Å². The molecule has 0 fully saturated rings. The highest BCUT2D eigenvalue weighted by Gasteiger charge is 2.35. The number of carbonyl (C=O) groups is 4. The number of carbonyl (C=O) groups excluding carboxylic acids is 4. The van der Waals surface area contributed by atoms with Crippen LogP contribution in [0.2, 0.25) is 0 Å². The van der Waals surface area contributed by atoms with Gasteiger partial charge in [-0.1, -0.05) is 13.8 Å². The number of methoxy groups -OCH3 is 1. The van der Waals surface area contributed by atoms with E-state index < -0.39 is 0 Å². The molecule has 12 heteroatoms. The van der Waals surface area contributed by atoms with Crippen molar-refractivity contribution in [2.24, 2.45) is 13.0 Å². The van der Waals surface area contributed by atoms with Crippen LogP contribution in [0.5, 0.6) is 0 Å². The normalized spacial score (nSPS) is 18.9. The molecule has 2 bridgehead atoms. The van der Waals surface area contributed by atoms with Gasteiger partial charge in [0.25, 0.3) is 11.8 Å². The number of ether oxygens (including phenoxy) is 1. The molecular formula is C30H43N7O5. The van der Waals surface area contributed by atoms with E-state index in [1.807, 2.05) is 11.9 Å². The zero-order valence-electron chi connectivity index (χ0n) is 25.2. The summed E-state index contributed by atoms with van der Waals surface area (Å²) in [6, 6.07) is 3.19. The summed E-state index contributed by atoms with van der Waals surface area (Å²) in [6.07, 6.45) is 6.09. The smallest absolute Gasteiger partial charge is 0.275 e. The second-order valence-corrected chi connectivity index (χ2v) is 11.4. The number of aryl methyl sites for hydroxylation is 1. The van der Waals surface area contributed by atoms with E-state index in [-0.39, 0.29) is 75.4 Å². The number of hydrogen-bond acceptors (Lipinski definition) is 7. The largest absolute Gasteiger partial charge is 0.383 e. The first-order valence-electron chi connectivity index (χ1n) is 14.8. The Morgan fingerprint density at radius 3 is 2.60 bits per heavy atom. The molecule has 12 nitrogen and oxygen atoms in total. The minimum absolute atomic E-state index is 0.0220. The molecule has 2 aromatic rings. The molecule has 0 spiro atoms. The lowest BCUT2D eigenvalue weighted by molar-refractivity contribution is -0.134. The SMILES string of the molecule is COCCN1CC(=O)NCCN(C(=O)c2ccncc2)CCC(=O)N(CCC(C)C)C2CCc3c(c(nn3C)C1=O)C2. The number of aromatic nitrogens is 3. The minimum Gasteiger partial charge on any atom is -0.383 e. The molecule has 0 saturated heterocycles. The van der Waals surface area contributed by atoms with Crippen LogP contribution in [0, 0.1) is 5.92 Å². The van der Waals surface area contributed by atoms with E-state index in [0.29, 0.717) is 36.6 Å². The van der Waals surface area contributed by atoms with Crippen LogP contribution < -0.4 is 5.32 Å². The van der Waals surface area contributed by atoms with Crippen molar-refractivity contribution in [2.45, 2.75) is 52.0 Å². The van der Waals surface area contributed by atoms with Gasteiger partial charge in [0, 0.05) is 88.6 Å². The molecule has 0 radical (unpaired) electrons. The molecule has 4 rings (SSSR count). The van der Waals surface area contributed by atoms with Gasteiger partial charge in [-0.25, -0.2) is 0 Å². The molecule has 2 aromatic heterocycles. The summed E-state index contributed by atoms with van der Waals surface area (Å²) in [5, 5.41) is 7.43. The fourth-order valence-electron chi connectivity index (χ4n) is 5.65. The van der Waals surface area contributed by atoms with E-state index in [9.17, 15) is 19.2 Å². The lowest BCUT2D eigenvalue weighted by atomic mass is 9.89. The van der Waals surface area contributed by atoms with Crippen LogP contribution in [0.25, 0.3) is 0 Å². The molecule has 228 valence electrons. The lowest BCUT2D eigenvalue weighted by Crippen LogP contribution is -2.48. The second kappa shape index (κ2) is 14.4. The van der Waals surface area contributed by atoms with Gasteiger partial charge in [0.15, 0.2) is 5.69 Å². The number of nitrogens with zero attached hydrogens (tertiary/aromatic N) is 6. The third-order valence-electron chi connectivity index (χ3n) is 8.04. The van der Waals surface area contributed by atoms with E-state index >= 15 is 0 Å². The monoisotopic (exact) mass is 581 g/mol. The molecule has 0 aromatic carbocycles. The third kappa shape index (κ3) is 7.53. The van der Waals surface area contributed by atoms with Gasteiger partial charge in [-0.15, -0.1) is 0 Å². The standard InChI is InChI=1S/C30H43N7O5/c1-21(2)9-15-37-23-5-6-25-24(19-23)28(33-34(25)3)30(41)36(17-18-42-4)20-26(38)32-13-16-35(14-10-27(37)39)29(40)22-7-11-31-12-8-22/h7-8,11-12,21,23H,5-6,9-10,13-20H2,1-4H3,(H,32,38). The molecule has 1 atom stereocenters. The summed E-state index contributed by atoms with van der Waals surface area (Å²) in [6.45, 7) is 5.83. The summed E-state index contributed by atoms with van der Waals surface area (Å²) in [5.74, 6) is -0.516. The predicted molar refractivity (Wildman–Crippen MR) is 156 cm³/mol. The van der Waals surface area contributed by atoms with Crippen molar-refractivity contribution in [2.75, 3.05) is 53.0 Å². The van der Waals surface area contributed by atoms with Crippen LogP contribution in [-0.4, -0.2) is 112 Å². The van der Waals surface area contributed by atoms with E-state index in [0.717, 1.165) is 24.1 Å². The zero-order chi connectivity index (χ0) is 30.2. The number of amides is 4. The van der Waals surface area contributed by atoms with Crippen LogP contribution in [0.4, 0.5) is 0 Å². The lowest BCUT2D eigenvalue weighted by Gasteiger charge is -2.36. The van der Waals surface area contributed by atoms with Gasteiger partial charge in [-0.05, 0) is 43.7 Å². The van der Waals surface area contributed by atoms with Gasteiger partial charge in [-0.3, -0.25) is 28.8 Å². The molecule has 1 unspecified atom stereocenters. The summed E-state index contributed by atoms with van der Waals surface area (Å²) < 4.78 is 6.98. The Balaban J connectivity index is 1.68. The Bertz CT molecular complexity index is 1260. The van der Waals surface area contributed by atoms with E-state index in [2.05, 4.69) is 29.2 Å². The summed E-state index contributed by atoms with van der Waals surface area (Å²) in [7, 11) is 3.38. The number of fused-ring (bicyclic) bond motifs is 1. The summed E-state index contributed by atoms with van der Waals surface area (Å²) in [5.41, 5.74) is 2.62. The van der Waals surface area contributed by atoms with Crippen LogP contribution in [-0.2, 0) is 34.2 Å². The number of pyridine rings is 1. The zero-order valence-corrected chi connectivity index (χ0v) is 25.2. The Morgan fingerprint density at radius 1 is 1.12 bits per heavy atom. The first-order chi connectivity index (χ1) is 20.2. The molecular weight excluding hydrogens is 538 g/mol. The highest BCUT2D eigenvalue weighted by Crippen LogP contribution is 2.29. The minimum atomic E-state index is -0.346. The highest BCUT2D eigenvalue weighted by molar-refractivity contribution is 5.97. The topological polar surface area (TPSA) is 130 Å². The quantitative estimate of drug-likeness (QED) is 0.522. The van der Waals surface area contributed by atoms with E-state index in [4.69, 9.17) is 4.74 Å². The third-order valence-corrected chi connectivity index (χ3v) is 8.04.